The zero-order valence-corrected chi connectivity index (χ0v) is 29.2. The molecule has 0 saturated heterocycles. The number of ether oxygens (including phenoxy) is 2. The van der Waals surface area contributed by atoms with E-state index in [-0.39, 0.29) is 11.8 Å². The summed E-state index contributed by atoms with van der Waals surface area (Å²) in [5.41, 5.74) is 8.86. The molecule has 4 rings (SSSR count). The van der Waals surface area contributed by atoms with Gasteiger partial charge >= 0.3 is 0 Å². The van der Waals surface area contributed by atoms with E-state index in [0.29, 0.717) is 37.6 Å². The van der Waals surface area contributed by atoms with Crippen molar-refractivity contribution in [2.24, 2.45) is 10.2 Å². The molecule has 2 amide bonds. The highest BCUT2D eigenvalue weighted by atomic mass is 79.9. The molecule has 2 N–H and O–H groups in total. The van der Waals surface area contributed by atoms with E-state index in [1.54, 1.807) is 12.4 Å². The van der Waals surface area contributed by atoms with Crippen LogP contribution in [0.2, 0.25) is 0 Å². The zero-order chi connectivity index (χ0) is 33.1. The van der Waals surface area contributed by atoms with E-state index in [9.17, 15) is 9.59 Å². The maximum absolute atomic E-state index is 12.3. The molecule has 47 heavy (non-hydrogen) atoms. The summed E-state index contributed by atoms with van der Waals surface area (Å²) in [6, 6.07) is 31.2. The van der Waals surface area contributed by atoms with Crippen LogP contribution in [0, 0.1) is 0 Å². The fourth-order valence-corrected chi connectivity index (χ4v) is 5.29. The lowest BCUT2D eigenvalue weighted by molar-refractivity contribution is -0.121. The molecule has 0 aromatic heterocycles. The molecule has 0 bridgehead atoms. The van der Waals surface area contributed by atoms with Gasteiger partial charge in [0.25, 0.3) is 0 Å². The van der Waals surface area contributed by atoms with Gasteiger partial charge in [0.15, 0.2) is 0 Å². The van der Waals surface area contributed by atoms with Gasteiger partial charge in [-0.15, -0.1) is 0 Å². The topological polar surface area (TPSA) is 101 Å². The molecule has 0 saturated carbocycles. The summed E-state index contributed by atoms with van der Waals surface area (Å²) < 4.78 is 13.7. The van der Waals surface area contributed by atoms with Crippen molar-refractivity contribution in [3.63, 3.8) is 0 Å². The Bertz CT molecular complexity index is 1510. The zero-order valence-electron chi connectivity index (χ0n) is 26.0. The Morgan fingerprint density at radius 1 is 0.574 bits per heavy atom. The van der Waals surface area contributed by atoms with Crippen molar-refractivity contribution in [1.82, 2.24) is 10.9 Å². The van der Waals surface area contributed by atoms with Crippen LogP contribution in [0.1, 0.15) is 67.2 Å². The summed E-state index contributed by atoms with van der Waals surface area (Å²) in [6.45, 7) is 0.876. The Labute approximate surface area is 292 Å². The molecule has 0 heterocycles. The minimum absolute atomic E-state index is 0.140. The lowest BCUT2D eigenvalue weighted by Crippen LogP contribution is -2.17. The van der Waals surface area contributed by atoms with Crippen molar-refractivity contribution in [1.29, 1.82) is 0 Å². The average Bonchev–Trinajstić information content (AvgIpc) is 3.08. The number of hydrazone groups is 2. The number of halogens is 2. The first-order valence-electron chi connectivity index (χ1n) is 15.5. The Balaban J connectivity index is 1.08. The predicted octanol–water partition coefficient (Wildman–Crippen LogP) is 8.70. The van der Waals surface area contributed by atoms with Crippen LogP contribution in [0.25, 0.3) is 0 Å². The van der Waals surface area contributed by atoms with E-state index in [0.717, 1.165) is 63.3 Å². The van der Waals surface area contributed by atoms with Crippen LogP contribution in [-0.2, 0) is 22.8 Å². The fraction of sp³-hybridized carbons (Fsp3) is 0.243. The lowest BCUT2D eigenvalue weighted by Gasteiger charge is -2.10. The Kier molecular flexibility index (Phi) is 15.2. The molecule has 0 spiro atoms. The molecule has 244 valence electrons. The van der Waals surface area contributed by atoms with Crippen molar-refractivity contribution in [2.75, 3.05) is 0 Å². The van der Waals surface area contributed by atoms with Crippen molar-refractivity contribution in [2.45, 2.75) is 58.2 Å². The second-order valence-electron chi connectivity index (χ2n) is 10.8. The Morgan fingerprint density at radius 2 is 0.979 bits per heavy atom. The Hall–Kier alpha value is -4.28. The van der Waals surface area contributed by atoms with E-state index >= 15 is 0 Å². The molecule has 0 aliphatic rings. The fourth-order valence-electron chi connectivity index (χ4n) is 4.53. The predicted molar refractivity (Wildman–Crippen MR) is 194 cm³/mol. The van der Waals surface area contributed by atoms with Gasteiger partial charge in [-0.1, -0.05) is 112 Å². The number of nitrogens with zero attached hydrogens (tertiary/aromatic N) is 2. The summed E-state index contributed by atoms with van der Waals surface area (Å²) in [6.07, 6.45) is 8.19. The van der Waals surface area contributed by atoms with Crippen LogP contribution in [-0.4, -0.2) is 24.2 Å². The van der Waals surface area contributed by atoms with Crippen LogP contribution in [0.5, 0.6) is 11.5 Å². The van der Waals surface area contributed by atoms with E-state index in [1.165, 1.54) is 0 Å². The van der Waals surface area contributed by atoms with Crippen molar-refractivity contribution < 1.29 is 19.1 Å². The van der Waals surface area contributed by atoms with E-state index in [2.05, 4.69) is 52.9 Å². The SMILES string of the molecule is O=C(CCCCCCCC(=O)N/N=C\c1cc(Br)ccc1OCc1ccccc1)N/N=C\c1cc(Br)ccc1OCc1ccccc1. The molecule has 0 aliphatic heterocycles. The maximum Gasteiger partial charge on any atom is 0.240 e. The molecule has 10 heteroatoms. The third-order valence-corrected chi connectivity index (χ3v) is 8.00. The second kappa shape index (κ2) is 20.1. The van der Waals surface area contributed by atoms with E-state index in [1.807, 2.05) is 97.1 Å². The minimum atomic E-state index is -0.140. The second-order valence-corrected chi connectivity index (χ2v) is 12.6. The van der Waals surface area contributed by atoms with E-state index < -0.39 is 0 Å². The third-order valence-electron chi connectivity index (χ3n) is 7.01. The number of carbonyl (C=O) groups excluding carboxylic acids is 2. The molecule has 0 unspecified atom stereocenters. The van der Waals surface area contributed by atoms with Crippen molar-refractivity contribution in [3.8, 4) is 11.5 Å². The first kappa shape index (κ1) is 35.6. The number of unbranched alkanes of at least 4 members (excludes halogenated alkanes) is 4. The van der Waals surface area contributed by atoms with Gasteiger partial charge in [-0.3, -0.25) is 9.59 Å². The van der Waals surface area contributed by atoms with Gasteiger partial charge in [-0.25, -0.2) is 10.9 Å². The number of rotatable bonds is 18. The normalized spacial score (nSPS) is 11.1. The first-order valence-corrected chi connectivity index (χ1v) is 17.1. The van der Waals surface area contributed by atoms with Gasteiger partial charge in [-0.2, -0.15) is 10.2 Å². The summed E-state index contributed by atoms with van der Waals surface area (Å²) in [5, 5.41) is 8.26. The van der Waals surface area contributed by atoms with Crippen molar-refractivity contribution >= 4 is 56.1 Å². The number of carbonyl (C=O) groups is 2. The quantitative estimate of drug-likeness (QED) is 0.0602. The molecule has 8 nitrogen and oxygen atoms in total. The summed E-state index contributed by atoms with van der Waals surface area (Å²) in [7, 11) is 0. The molecule has 0 fully saturated rings. The molecular weight excluding hydrogens is 724 g/mol. The third kappa shape index (κ3) is 13.5. The summed E-state index contributed by atoms with van der Waals surface area (Å²) in [4.78, 5) is 24.6. The Morgan fingerprint density at radius 3 is 1.40 bits per heavy atom. The molecular formula is C37H38Br2N4O4. The molecule has 4 aromatic rings. The number of hydrogen-bond acceptors (Lipinski definition) is 6. The van der Waals surface area contributed by atoms with Gasteiger partial charge in [0.05, 0.1) is 12.4 Å². The first-order chi connectivity index (χ1) is 23.0. The monoisotopic (exact) mass is 760 g/mol. The largest absolute Gasteiger partial charge is 0.488 e. The van der Waals surface area contributed by atoms with Crippen LogP contribution >= 0.6 is 31.9 Å². The van der Waals surface area contributed by atoms with Gasteiger partial charge in [0.1, 0.15) is 24.7 Å². The molecule has 0 aliphatic carbocycles. The maximum atomic E-state index is 12.3. The molecule has 0 atom stereocenters. The number of benzene rings is 4. The van der Waals surface area contributed by atoms with Gasteiger partial charge < -0.3 is 9.47 Å². The van der Waals surface area contributed by atoms with Crippen LogP contribution < -0.4 is 20.3 Å². The number of amides is 2. The highest BCUT2D eigenvalue weighted by Crippen LogP contribution is 2.24. The highest BCUT2D eigenvalue weighted by molar-refractivity contribution is 9.10. The smallest absolute Gasteiger partial charge is 0.240 e. The van der Waals surface area contributed by atoms with Crippen LogP contribution in [0.4, 0.5) is 0 Å². The lowest BCUT2D eigenvalue weighted by atomic mass is 10.1. The number of nitrogens with one attached hydrogen (secondary N) is 2. The van der Waals surface area contributed by atoms with Crippen LogP contribution in [0.15, 0.2) is 116 Å². The summed E-state index contributed by atoms with van der Waals surface area (Å²) in [5.74, 6) is 1.08. The van der Waals surface area contributed by atoms with Gasteiger partial charge in [0, 0.05) is 32.9 Å². The summed E-state index contributed by atoms with van der Waals surface area (Å²) >= 11 is 6.96. The molecule has 4 aromatic carbocycles. The minimum Gasteiger partial charge on any atom is -0.488 e. The number of hydrogen-bond donors (Lipinski definition) is 2. The van der Waals surface area contributed by atoms with Gasteiger partial charge in [0.2, 0.25) is 11.8 Å². The van der Waals surface area contributed by atoms with E-state index in [4.69, 9.17) is 9.47 Å². The standard InChI is InChI=1S/C37H38Br2N4O4/c38-32-18-20-34(46-26-28-12-6-4-7-13-28)30(22-32)24-40-42-36(44)16-10-2-1-3-11-17-37(45)43-41-25-31-23-33(39)19-21-35(31)47-27-29-14-8-5-9-15-29/h4-9,12-15,18-25H,1-3,10-11,16-17,26-27H2,(H,42,44)(H,43,45)/b40-24-,41-25-. The highest BCUT2D eigenvalue weighted by Gasteiger charge is 2.07. The van der Waals surface area contributed by atoms with Crippen LogP contribution in [0.3, 0.4) is 0 Å². The van der Waals surface area contributed by atoms with Crippen molar-refractivity contribution in [3.05, 3.63) is 128 Å². The molecule has 0 radical (unpaired) electrons. The average molecular weight is 763 g/mol. The van der Waals surface area contributed by atoms with Gasteiger partial charge in [-0.05, 0) is 60.4 Å².